The Kier molecular flexibility index (Phi) is 9.25. The second-order valence-electron chi connectivity index (χ2n) is 7.88. The van der Waals surface area contributed by atoms with Gasteiger partial charge in [-0.1, -0.05) is 25.1 Å². The van der Waals surface area contributed by atoms with Crippen molar-refractivity contribution >= 4 is 29.6 Å². The number of H-pyrrole nitrogens is 1. The lowest BCUT2D eigenvalue weighted by Gasteiger charge is -2.24. The number of hydrogen-bond donors (Lipinski definition) is 3. The van der Waals surface area contributed by atoms with Crippen molar-refractivity contribution in [1.29, 1.82) is 0 Å². The molecule has 1 aromatic heterocycles. The van der Waals surface area contributed by atoms with E-state index in [1.54, 1.807) is 18.2 Å². The summed E-state index contributed by atoms with van der Waals surface area (Å²) >= 11 is 2.74. The normalized spacial score (nSPS) is 26.2. The van der Waals surface area contributed by atoms with Crippen LogP contribution >= 0.6 is 23.7 Å². The number of nitrogens with zero attached hydrogens (tertiary/aromatic N) is 1. The lowest BCUT2D eigenvalue weighted by molar-refractivity contribution is -0.145. The van der Waals surface area contributed by atoms with Gasteiger partial charge in [0.25, 0.3) is 5.56 Å². The highest BCUT2D eigenvalue weighted by Gasteiger charge is 2.57. The fourth-order valence-corrected chi connectivity index (χ4v) is 5.34. The van der Waals surface area contributed by atoms with Gasteiger partial charge in [0.1, 0.15) is 24.0 Å². The first-order valence-electron chi connectivity index (χ1n) is 10.9. The Labute approximate surface area is 213 Å². The molecule has 0 bridgehead atoms. The average Bonchev–Trinajstić information content (AvgIpc) is 3.05. The Balaban J connectivity index is 1.78. The zero-order valence-electron chi connectivity index (χ0n) is 19.3. The number of carbonyl (C=O) groups is 1. The lowest BCUT2D eigenvalue weighted by Crippen LogP contribution is -2.41. The van der Waals surface area contributed by atoms with E-state index in [1.807, 2.05) is 11.9 Å². The third kappa shape index (κ3) is 6.69. The van der Waals surface area contributed by atoms with Gasteiger partial charge in [0, 0.05) is 12.3 Å². The molecule has 3 rings (SSSR count). The van der Waals surface area contributed by atoms with Gasteiger partial charge in [-0.2, -0.15) is 5.09 Å². The molecule has 0 radical (unpaired) electrons. The van der Waals surface area contributed by atoms with Crippen molar-refractivity contribution in [3.05, 3.63) is 63.4 Å². The van der Waals surface area contributed by atoms with Gasteiger partial charge in [-0.3, -0.25) is 23.7 Å². The van der Waals surface area contributed by atoms with Crippen LogP contribution in [0.2, 0.25) is 0 Å². The summed E-state index contributed by atoms with van der Waals surface area (Å²) in [5.41, 5.74) is -1.67. The van der Waals surface area contributed by atoms with Crippen LogP contribution in [0.25, 0.3) is 0 Å². The van der Waals surface area contributed by atoms with Gasteiger partial charge in [0.15, 0.2) is 6.23 Å². The summed E-state index contributed by atoms with van der Waals surface area (Å²) < 4.78 is 48.4. The molecule has 1 aromatic carbocycles. The highest BCUT2D eigenvalue weighted by molar-refractivity contribution is 9.10. The number of aliphatic hydroxyl groups excluding tert-OH is 1. The summed E-state index contributed by atoms with van der Waals surface area (Å²) in [5, 5.41) is 13.0. The van der Waals surface area contributed by atoms with Crippen LogP contribution in [0, 0.1) is 0 Å². The summed E-state index contributed by atoms with van der Waals surface area (Å²) in [7, 11) is -4.31. The van der Waals surface area contributed by atoms with Crippen LogP contribution in [0.5, 0.6) is 5.75 Å². The van der Waals surface area contributed by atoms with E-state index in [0.717, 1.165) is 16.8 Å². The number of carbonyl (C=O) groups excluding carboxylic acids is 1. The van der Waals surface area contributed by atoms with E-state index in [-0.39, 0.29) is 12.4 Å². The second kappa shape index (κ2) is 11.8. The molecular formula is C21H26BrFN3O9P. The van der Waals surface area contributed by atoms with E-state index in [4.69, 9.17) is 18.5 Å². The molecule has 12 nitrogen and oxygen atoms in total. The van der Waals surface area contributed by atoms with E-state index in [2.05, 4.69) is 21.0 Å². The number of alkyl halides is 2. The van der Waals surface area contributed by atoms with Gasteiger partial charge in [-0.05, 0) is 41.4 Å². The highest BCUT2D eigenvalue weighted by atomic mass is 79.9. The summed E-state index contributed by atoms with van der Waals surface area (Å²) in [6, 6.07) is 7.83. The molecule has 0 amide bonds. The van der Waals surface area contributed by atoms with Crippen molar-refractivity contribution in [2.75, 3.05) is 13.2 Å². The smallest absolute Gasteiger partial charge is 0.459 e. The predicted octanol–water partition coefficient (Wildman–Crippen LogP) is 1.99. The SMILES string of the molecule is CCCOC(=O)[C@H](C)NP(=O)(OCC1O[C@@H](n2ccc(=O)[nH]c2=O)C(F)(Br)[C@H]1O)Oc1ccccc1. The maximum Gasteiger partial charge on any atom is 0.459 e. The first-order valence-corrected chi connectivity index (χ1v) is 13.3. The molecule has 15 heteroatoms. The van der Waals surface area contributed by atoms with Crippen LogP contribution < -0.4 is 20.9 Å². The Bertz CT molecular complexity index is 1210. The van der Waals surface area contributed by atoms with Crippen LogP contribution in [0.3, 0.4) is 0 Å². The van der Waals surface area contributed by atoms with Gasteiger partial charge in [-0.25, -0.2) is 13.8 Å². The third-order valence-electron chi connectivity index (χ3n) is 5.01. The molecular weight excluding hydrogens is 568 g/mol. The average molecular weight is 594 g/mol. The number of benzene rings is 1. The molecule has 1 aliphatic heterocycles. The van der Waals surface area contributed by atoms with Crippen LogP contribution in [0.4, 0.5) is 4.39 Å². The molecule has 1 aliphatic rings. The Morgan fingerprint density at radius 3 is 2.69 bits per heavy atom. The van der Waals surface area contributed by atoms with Gasteiger partial charge < -0.3 is 19.1 Å². The topological polar surface area (TPSA) is 158 Å². The summed E-state index contributed by atoms with van der Waals surface area (Å²) in [5.74, 6) is -0.552. The van der Waals surface area contributed by atoms with Crippen molar-refractivity contribution in [3.8, 4) is 5.75 Å². The molecule has 0 aliphatic carbocycles. The van der Waals surface area contributed by atoms with E-state index in [0.29, 0.717) is 6.42 Å². The van der Waals surface area contributed by atoms with Crippen molar-refractivity contribution < 1.29 is 37.4 Å². The molecule has 3 unspecified atom stereocenters. The molecule has 2 heterocycles. The Hall–Kier alpha value is -2.35. The third-order valence-corrected chi connectivity index (χ3v) is 7.52. The standard InChI is InChI=1S/C21H26BrFN3O9P/c1-3-11-32-18(29)13(2)25-36(31,35-14-7-5-4-6-8-14)33-12-15-17(28)21(22,23)19(34-15)26-10-9-16(27)24-20(26)30/h4-10,13,15,17,19,28H,3,11-12H2,1-2H3,(H,25,31)(H,24,27,30)/t13-,15?,17-,19+,21?,36?/m0/s1. The second-order valence-corrected chi connectivity index (χ2v) is 10.8. The molecule has 2 aromatic rings. The van der Waals surface area contributed by atoms with Crippen molar-refractivity contribution in [3.63, 3.8) is 0 Å². The fourth-order valence-electron chi connectivity index (χ4n) is 3.22. The summed E-state index contributed by atoms with van der Waals surface area (Å²) in [4.78, 5) is 37.6. The van der Waals surface area contributed by atoms with Gasteiger partial charge in [-0.15, -0.1) is 0 Å². The number of hydrogen-bond acceptors (Lipinski definition) is 9. The van der Waals surface area contributed by atoms with E-state index >= 15 is 4.39 Å². The summed E-state index contributed by atoms with van der Waals surface area (Å²) in [6.45, 7) is 2.70. The van der Waals surface area contributed by atoms with Crippen molar-refractivity contribution in [1.82, 2.24) is 14.6 Å². The Morgan fingerprint density at radius 1 is 1.36 bits per heavy atom. The van der Waals surface area contributed by atoms with Crippen LogP contribution in [-0.4, -0.2) is 56.7 Å². The van der Waals surface area contributed by atoms with Crippen LogP contribution in [0.15, 0.2) is 52.2 Å². The zero-order chi connectivity index (χ0) is 26.5. The number of esters is 1. The molecule has 0 spiro atoms. The number of nitrogens with one attached hydrogen (secondary N) is 2. The minimum absolute atomic E-state index is 0.147. The Morgan fingerprint density at radius 2 is 2.06 bits per heavy atom. The first-order chi connectivity index (χ1) is 17.0. The molecule has 1 fully saturated rings. The summed E-state index contributed by atoms with van der Waals surface area (Å²) in [6.07, 6.45) is -3.43. The number of aromatic nitrogens is 2. The van der Waals surface area contributed by atoms with E-state index < -0.39 is 60.6 Å². The molecule has 1 saturated heterocycles. The van der Waals surface area contributed by atoms with Crippen LogP contribution in [-0.2, 0) is 23.4 Å². The number of rotatable bonds is 11. The lowest BCUT2D eigenvalue weighted by atomic mass is 10.1. The number of para-hydroxylation sites is 1. The number of ether oxygens (including phenoxy) is 2. The quantitative estimate of drug-likeness (QED) is 0.200. The van der Waals surface area contributed by atoms with E-state index in [1.165, 1.54) is 19.1 Å². The van der Waals surface area contributed by atoms with Crippen molar-refractivity contribution in [2.45, 2.75) is 49.3 Å². The van der Waals surface area contributed by atoms with Gasteiger partial charge in [0.05, 0.1) is 13.2 Å². The molecule has 0 saturated carbocycles. The minimum Gasteiger partial charge on any atom is -0.465 e. The molecule has 198 valence electrons. The first kappa shape index (κ1) is 28.2. The fraction of sp³-hybridized carbons (Fsp3) is 0.476. The van der Waals surface area contributed by atoms with E-state index in [9.17, 15) is 24.1 Å². The highest BCUT2D eigenvalue weighted by Crippen LogP contribution is 2.49. The monoisotopic (exact) mass is 593 g/mol. The van der Waals surface area contributed by atoms with Gasteiger partial charge in [0.2, 0.25) is 4.58 Å². The zero-order valence-corrected chi connectivity index (χ0v) is 21.8. The van der Waals surface area contributed by atoms with Gasteiger partial charge >= 0.3 is 19.4 Å². The molecule has 36 heavy (non-hydrogen) atoms. The maximum absolute atomic E-state index is 15.3. The maximum atomic E-state index is 15.3. The molecule has 6 atom stereocenters. The number of aliphatic hydroxyl groups is 1. The number of aromatic amines is 1. The largest absolute Gasteiger partial charge is 0.465 e. The van der Waals surface area contributed by atoms with Crippen LogP contribution in [0.1, 0.15) is 26.5 Å². The predicted molar refractivity (Wildman–Crippen MR) is 128 cm³/mol. The molecule has 3 N–H and O–H groups in total. The minimum atomic E-state index is -4.31. The van der Waals surface area contributed by atoms with Crippen molar-refractivity contribution in [2.24, 2.45) is 0 Å². The number of halogens is 2.